The van der Waals surface area contributed by atoms with Crippen molar-refractivity contribution in [1.82, 2.24) is 0 Å². The number of aryl methyl sites for hydroxylation is 1. The Morgan fingerprint density at radius 1 is 1.50 bits per heavy atom. The van der Waals surface area contributed by atoms with E-state index in [2.05, 4.69) is 6.07 Å². The minimum absolute atomic E-state index is 0.457. The van der Waals surface area contributed by atoms with Crippen molar-refractivity contribution in [2.45, 2.75) is 37.2 Å². The van der Waals surface area contributed by atoms with E-state index in [4.69, 9.17) is 4.74 Å². The van der Waals surface area contributed by atoms with Crippen molar-refractivity contribution in [2.75, 3.05) is 13.7 Å². The SMILES string of the molecule is COCCC(C)(O)C1(C#N)CCc2ccccc21. The molecule has 0 aliphatic heterocycles. The van der Waals surface area contributed by atoms with Crippen LogP contribution in [0.4, 0.5) is 0 Å². The first-order chi connectivity index (χ1) is 8.57. The predicted molar refractivity (Wildman–Crippen MR) is 69.2 cm³/mol. The fourth-order valence-electron chi connectivity index (χ4n) is 2.92. The number of nitriles is 1. The third-order valence-corrected chi connectivity index (χ3v) is 4.15. The van der Waals surface area contributed by atoms with Gasteiger partial charge in [-0.05, 0) is 30.9 Å². The largest absolute Gasteiger partial charge is 0.388 e. The fraction of sp³-hybridized carbons (Fsp3) is 0.533. The number of rotatable bonds is 4. The maximum Gasteiger partial charge on any atom is 0.111 e. The average molecular weight is 245 g/mol. The van der Waals surface area contributed by atoms with Gasteiger partial charge in [0.25, 0.3) is 0 Å². The third kappa shape index (κ3) is 1.82. The topological polar surface area (TPSA) is 53.2 Å². The zero-order chi connectivity index (χ0) is 13.2. The molecule has 3 nitrogen and oxygen atoms in total. The number of ether oxygens (including phenoxy) is 1. The number of hydrogen-bond acceptors (Lipinski definition) is 3. The van der Waals surface area contributed by atoms with Crippen molar-refractivity contribution in [3.8, 4) is 6.07 Å². The van der Waals surface area contributed by atoms with Gasteiger partial charge in [0, 0.05) is 20.1 Å². The summed E-state index contributed by atoms with van der Waals surface area (Å²) in [4.78, 5) is 0. The minimum atomic E-state index is -1.07. The molecule has 0 amide bonds. The van der Waals surface area contributed by atoms with E-state index in [1.54, 1.807) is 14.0 Å². The Labute approximate surface area is 108 Å². The first kappa shape index (κ1) is 13.1. The van der Waals surface area contributed by atoms with Crippen LogP contribution in [0, 0.1) is 11.3 Å². The second-order valence-electron chi connectivity index (χ2n) is 5.19. The number of methoxy groups -OCH3 is 1. The van der Waals surface area contributed by atoms with Gasteiger partial charge < -0.3 is 9.84 Å². The number of hydrogen-bond donors (Lipinski definition) is 1. The molecule has 0 fully saturated rings. The van der Waals surface area contributed by atoms with Crippen molar-refractivity contribution in [2.24, 2.45) is 0 Å². The first-order valence-electron chi connectivity index (χ1n) is 6.28. The third-order valence-electron chi connectivity index (χ3n) is 4.15. The second-order valence-corrected chi connectivity index (χ2v) is 5.19. The Bertz CT molecular complexity index is 476. The Balaban J connectivity index is 2.43. The molecular weight excluding hydrogens is 226 g/mol. The lowest BCUT2D eigenvalue weighted by Crippen LogP contribution is -2.48. The van der Waals surface area contributed by atoms with Crippen LogP contribution in [0.1, 0.15) is 30.9 Å². The lowest BCUT2D eigenvalue weighted by molar-refractivity contribution is -0.0245. The van der Waals surface area contributed by atoms with Gasteiger partial charge in [0.1, 0.15) is 5.41 Å². The molecule has 2 unspecified atom stereocenters. The normalized spacial score (nSPS) is 25.2. The lowest BCUT2D eigenvalue weighted by Gasteiger charge is -2.38. The fourth-order valence-corrected chi connectivity index (χ4v) is 2.92. The van der Waals surface area contributed by atoms with Crippen LogP contribution in [-0.4, -0.2) is 24.4 Å². The Hall–Kier alpha value is -1.37. The summed E-state index contributed by atoms with van der Waals surface area (Å²) < 4.78 is 5.05. The van der Waals surface area contributed by atoms with Crippen LogP contribution in [0.15, 0.2) is 24.3 Å². The molecular formula is C15H19NO2. The predicted octanol–water partition coefficient (Wildman–Crippen LogP) is 2.18. The van der Waals surface area contributed by atoms with E-state index in [1.165, 1.54) is 5.56 Å². The van der Waals surface area contributed by atoms with Gasteiger partial charge >= 0.3 is 0 Å². The summed E-state index contributed by atoms with van der Waals surface area (Å²) in [6.07, 6.45) is 2.00. The molecule has 0 heterocycles. The van der Waals surface area contributed by atoms with E-state index >= 15 is 0 Å². The molecule has 1 N–H and O–H groups in total. The van der Waals surface area contributed by atoms with Crippen molar-refractivity contribution in [3.05, 3.63) is 35.4 Å². The highest BCUT2D eigenvalue weighted by Gasteiger charge is 2.52. The van der Waals surface area contributed by atoms with Gasteiger partial charge in [0.2, 0.25) is 0 Å². The molecule has 1 aromatic rings. The molecule has 0 spiro atoms. The minimum Gasteiger partial charge on any atom is -0.388 e. The van der Waals surface area contributed by atoms with Crippen LogP contribution in [-0.2, 0) is 16.6 Å². The maximum atomic E-state index is 10.7. The number of fused-ring (bicyclic) bond motifs is 1. The smallest absolute Gasteiger partial charge is 0.111 e. The van der Waals surface area contributed by atoms with E-state index in [0.717, 1.165) is 12.0 Å². The van der Waals surface area contributed by atoms with Crippen molar-refractivity contribution < 1.29 is 9.84 Å². The summed E-state index contributed by atoms with van der Waals surface area (Å²) in [6.45, 7) is 2.20. The van der Waals surface area contributed by atoms with E-state index in [0.29, 0.717) is 19.4 Å². The van der Waals surface area contributed by atoms with Crippen LogP contribution in [0.2, 0.25) is 0 Å². The number of benzene rings is 1. The second kappa shape index (κ2) is 4.72. The molecule has 2 atom stereocenters. The molecule has 0 saturated heterocycles. The van der Waals surface area contributed by atoms with Gasteiger partial charge in [0.05, 0.1) is 11.7 Å². The van der Waals surface area contributed by atoms with Crippen LogP contribution in [0.25, 0.3) is 0 Å². The van der Waals surface area contributed by atoms with Gasteiger partial charge in [-0.3, -0.25) is 0 Å². The molecule has 1 aliphatic rings. The zero-order valence-corrected chi connectivity index (χ0v) is 10.9. The zero-order valence-electron chi connectivity index (χ0n) is 10.9. The first-order valence-corrected chi connectivity index (χ1v) is 6.28. The van der Waals surface area contributed by atoms with Crippen LogP contribution in [0.5, 0.6) is 0 Å². The van der Waals surface area contributed by atoms with Crippen LogP contribution < -0.4 is 0 Å². The molecule has 0 bridgehead atoms. The molecule has 2 rings (SSSR count). The van der Waals surface area contributed by atoms with E-state index in [1.807, 2.05) is 24.3 Å². The van der Waals surface area contributed by atoms with Gasteiger partial charge in [-0.1, -0.05) is 24.3 Å². The molecule has 0 radical (unpaired) electrons. The summed E-state index contributed by atoms with van der Waals surface area (Å²) in [5.41, 5.74) is 0.289. The summed E-state index contributed by atoms with van der Waals surface area (Å²) in [7, 11) is 1.61. The van der Waals surface area contributed by atoms with Gasteiger partial charge in [0.15, 0.2) is 0 Å². The Kier molecular flexibility index (Phi) is 3.43. The molecule has 0 aromatic heterocycles. The average Bonchev–Trinajstić information content (AvgIpc) is 2.77. The molecule has 96 valence electrons. The maximum absolute atomic E-state index is 10.7. The van der Waals surface area contributed by atoms with Gasteiger partial charge in [-0.25, -0.2) is 0 Å². The Morgan fingerprint density at radius 2 is 2.22 bits per heavy atom. The lowest BCUT2D eigenvalue weighted by atomic mass is 9.68. The van der Waals surface area contributed by atoms with E-state index in [-0.39, 0.29) is 0 Å². The van der Waals surface area contributed by atoms with Gasteiger partial charge in [-0.15, -0.1) is 0 Å². The van der Waals surface area contributed by atoms with E-state index < -0.39 is 11.0 Å². The number of aliphatic hydroxyl groups is 1. The summed E-state index contributed by atoms with van der Waals surface area (Å²) in [6, 6.07) is 10.3. The van der Waals surface area contributed by atoms with E-state index in [9.17, 15) is 10.4 Å². The Morgan fingerprint density at radius 3 is 2.89 bits per heavy atom. The quantitative estimate of drug-likeness (QED) is 0.884. The molecule has 1 aliphatic carbocycles. The summed E-state index contributed by atoms with van der Waals surface area (Å²) in [5.74, 6) is 0. The molecule has 1 aromatic carbocycles. The highest BCUT2D eigenvalue weighted by Crippen LogP contribution is 2.47. The summed E-state index contributed by atoms with van der Waals surface area (Å²) in [5, 5.41) is 20.4. The van der Waals surface area contributed by atoms with Crippen molar-refractivity contribution in [1.29, 1.82) is 5.26 Å². The van der Waals surface area contributed by atoms with Crippen LogP contribution >= 0.6 is 0 Å². The van der Waals surface area contributed by atoms with Crippen molar-refractivity contribution >= 4 is 0 Å². The molecule has 18 heavy (non-hydrogen) atoms. The molecule has 0 saturated carbocycles. The van der Waals surface area contributed by atoms with Crippen LogP contribution in [0.3, 0.4) is 0 Å². The standard InChI is InChI=1S/C15H19NO2/c1-14(17,9-10-18-2)15(11-16)8-7-12-5-3-4-6-13(12)15/h3-6,17H,7-10H2,1-2H3. The van der Waals surface area contributed by atoms with Crippen molar-refractivity contribution in [3.63, 3.8) is 0 Å². The number of nitrogens with zero attached hydrogens (tertiary/aromatic N) is 1. The van der Waals surface area contributed by atoms with Gasteiger partial charge in [-0.2, -0.15) is 5.26 Å². The highest BCUT2D eigenvalue weighted by atomic mass is 16.5. The molecule has 3 heteroatoms. The summed E-state index contributed by atoms with van der Waals surface area (Å²) >= 11 is 0. The highest BCUT2D eigenvalue weighted by molar-refractivity contribution is 5.47. The monoisotopic (exact) mass is 245 g/mol.